The van der Waals surface area contributed by atoms with Crippen LogP contribution in [0.5, 0.6) is 0 Å². The van der Waals surface area contributed by atoms with Crippen LogP contribution in [0.4, 0.5) is 0 Å². The highest BCUT2D eigenvalue weighted by Gasteiger charge is 2.15. The van der Waals surface area contributed by atoms with Gasteiger partial charge in [0, 0.05) is 18.0 Å². The first-order chi connectivity index (χ1) is 10.6. The normalized spacial score (nSPS) is 10.6. The Kier molecular flexibility index (Phi) is 4.02. The highest BCUT2D eigenvalue weighted by molar-refractivity contribution is 7.09. The molecule has 112 valence electrons. The van der Waals surface area contributed by atoms with Crippen molar-refractivity contribution in [3.63, 3.8) is 0 Å². The van der Waals surface area contributed by atoms with Gasteiger partial charge >= 0.3 is 0 Å². The maximum atomic E-state index is 12.3. The maximum absolute atomic E-state index is 12.3. The molecule has 2 aromatic heterocycles. The fraction of sp³-hybridized carbons (Fsp3) is 0.188. The van der Waals surface area contributed by atoms with Crippen molar-refractivity contribution in [2.45, 2.75) is 13.5 Å². The molecule has 1 aromatic carbocycles. The molecule has 3 rings (SSSR count). The van der Waals surface area contributed by atoms with Gasteiger partial charge in [-0.1, -0.05) is 23.4 Å². The van der Waals surface area contributed by atoms with Gasteiger partial charge in [-0.2, -0.15) is 0 Å². The molecule has 0 aliphatic heterocycles. The van der Waals surface area contributed by atoms with E-state index >= 15 is 0 Å². The predicted molar refractivity (Wildman–Crippen MR) is 84.6 cm³/mol. The topological polar surface area (TPSA) is 59.2 Å². The molecule has 0 atom stereocenters. The van der Waals surface area contributed by atoms with Crippen molar-refractivity contribution in [2.75, 3.05) is 7.05 Å². The predicted octanol–water partition coefficient (Wildman–Crippen LogP) is 3.38. The number of hydrogen-bond donors (Lipinski definition) is 0. The van der Waals surface area contributed by atoms with Gasteiger partial charge in [-0.05, 0) is 19.1 Å². The van der Waals surface area contributed by atoms with Crippen LogP contribution in [0.15, 0.2) is 46.4 Å². The van der Waals surface area contributed by atoms with Gasteiger partial charge in [0.15, 0.2) is 0 Å². The summed E-state index contributed by atoms with van der Waals surface area (Å²) < 4.78 is 5.06. The van der Waals surface area contributed by atoms with E-state index in [1.807, 2.05) is 42.6 Å². The van der Waals surface area contributed by atoms with E-state index in [2.05, 4.69) is 10.1 Å². The summed E-state index contributed by atoms with van der Waals surface area (Å²) in [5.74, 6) is 0.726. The summed E-state index contributed by atoms with van der Waals surface area (Å²) in [5, 5.41) is 6.59. The standard InChI is InChI=1S/C16H15N3O2S/c1-11-13(8-17-21-11)14-10-22-15(18-14)9-19(2)16(20)12-6-4-3-5-7-12/h3-8,10H,9H2,1-2H3. The van der Waals surface area contributed by atoms with Crippen LogP contribution in [0.2, 0.25) is 0 Å². The molecule has 2 heterocycles. The van der Waals surface area contributed by atoms with E-state index < -0.39 is 0 Å². The molecule has 0 aliphatic rings. The molecule has 0 unspecified atom stereocenters. The number of amides is 1. The van der Waals surface area contributed by atoms with E-state index in [4.69, 9.17) is 4.52 Å². The molecule has 0 aliphatic carbocycles. The zero-order valence-corrected chi connectivity index (χ0v) is 13.1. The Labute approximate surface area is 132 Å². The van der Waals surface area contributed by atoms with Crippen molar-refractivity contribution in [3.8, 4) is 11.3 Å². The Morgan fingerprint density at radius 1 is 1.32 bits per heavy atom. The number of benzene rings is 1. The molecule has 0 saturated carbocycles. The molecule has 22 heavy (non-hydrogen) atoms. The summed E-state index contributed by atoms with van der Waals surface area (Å²) in [6, 6.07) is 9.24. The molecule has 5 nitrogen and oxygen atoms in total. The lowest BCUT2D eigenvalue weighted by Crippen LogP contribution is -2.26. The van der Waals surface area contributed by atoms with E-state index in [0.717, 1.165) is 22.0 Å². The van der Waals surface area contributed by atoms with Crippen LogP contribution in [0.1, 0.15) is 21.1 Å². The van der Waals surface area contributed by atoms with Gasteiger partial charge in [-0.15, -0.1) is 11.3 Å². The van der Waals surface area contributed by atoms with E-state index in [-0.39, 0.29) is 5.91 Å². The third-order valence-electron chi connectivity index (χ3n) is 3.32. The highest BCUT2D eigenvalue weighted by Crippen LogP contribution is 2.25. The van der Waals surface area contributed by atoms with E-state index in [0.29, 0.717) is 12.1 Å². The average molecular weight is 313 g/mol. The second-order valence-electron chi connectivity index (χ2n) is 4.95. The molecule has 3 aromatic rings. The van der Waals surface area contributed by atoms with Gasteiger partial charge < -0.3 is 9.42 Å². The van der Waals surface area contributed by atoms with Crippen LogP contribution in [0, 0.1) is 6.92 Å². The molecular weight excluding hydrogens is 298 g/mol. The summed E-state index contributed by atoms with van der Waals surface area (Å²) >= 11 is 1.52. The Balaban J connectivity index is 1.73. The third kappa shape index (κ3) is 2.92. The van der Waals surface area contributed by atoms with Crippen LogP contribution in [0.25, 0.3) is 11.3 Å². The van der Waals surface area contributed by atoms with Gasteiger partial charge in [0.2, 0.25) is 0 Å². The number of carbonyl (C=O) groups is 1. The van der Waals surface area contributed by atoms with Gasteiger partial charge in [-0.25, -0.2) is 4.98 Å². The first-order valence-corrected chi connectivity index (χ1v) is 7.69. The van der Waals surface area contributed by atoms with Gasteiger partial charge in [0.25, 0.3) is 5.91 Å². The zero-order chi connectivity index (χ0) is 15.5. The minimum atomic E-state index is -0.0153. The Bertz CT molecular complexity index is 780. The molecule has 0 N–H and O–H groups in total. The smallest absolute Gasteiger partial charge is 0.253 e. The summed E-state index contributed by atoms with van der Waals surface area (Å²) in [6.45, 7) is 2.33. The minimum Gasteiger partial charge on any atom is -0.361 e. The molecule has 0 spiro atoms. The highest BCUT2D eigenvalue weighted by atomic mass is 32.1. The third-order valence-corrected chi connectivity index (χ3v) is 4.15. The van der Waals surface area contributed by atoms with Crippen LogP contribution in [-0.4, -0.2) is 28.0 Å². The molecule has 1 amide bonds. The van der Waals surface area contributed by atoms with E-state index in [9.17, 15) is 4.79 Å². The van der Waals surface area contributed by atoms with Crippen molar-refractivity contribution < 1.29 is 9.32 Å². The molecular formula is C16H15N3O2S. The molecule has 0 fully saturated rings. The van der Waals surface area contributed by atoms with E-state index in [1.165, 1.54) is 11.3 Å². The number of aryl methyl sites for hydroxylation is 1. The molecule has 6 heteroatoms. The van der Waals surface area contributed by atoms with Crippen LogP contribution >= 0.6 is 11.3 Å². The van der Waals surface area contributed by atoms with Gasteiger partial charge in [0.1, 0.15) is 10.8 Å². The fourth-order valence-electron chi connectivity index (χ4n) is 2.13. The Hall–Kier alpha value is -2.47. The molecule has 0 radical (unpaired) electrons. The number of hydrogen-bond acceptors (Lipinski definition) is 5. The monoisotopic (exact) mass is 313 g/mol. The number of thiazole rings is 1. The lowest BCUT2D eigenvalue weighted by atomic mass is 10.2. The van der Waals surface area contributed by atoms with Crippen LogP contribution in [0.3, 0.4) is 0 Å². The lowest BCUT2D eigenvalue weighted by molar-refractivity contribution is 0.0785. The van der Waals surface area contributed by atoms with Gasteiger partial charge in [-0.3, -0.25) is 4.79 Å². The minimum absolute atomic E-state index is 0.0153. The van der Waals surface area contributed by atoms with Crippen molar-refractivity contribution in [1.29, 1.82) is 0 Å². The Morgan fingerprint density at radius 3 is 2.77 bits per heavy atom. The quantitative estimate of drug-likeness (QED) is 0.741. The first kappa shape index (κ1) is 14.5. The second-order valence-corrected chi connectivity index (χ2v) is 5.89. The largest absolute Gasteiger partial charge is 0.361 e. The number of rotatable bonds is 4. The zero-order valence-electron chi connectivity index (χ0n) is 12.3. The van der Waals surface area contributed by atoms with Crippen LogP contribution < -0.4 is 0 Å². The van der Waals surface area contributed by atoms with Crippen LogP contribution in [-0.2, 0) is 6.54 Å². The maximum Gasteiger partial charge on any atom is 0.253 e. The second kappa shape index (κ2) is 6.11. The average Bonchev–Trinajstić information content (AvgIpc) is 3.16. The number of carbonyl (C=O) groups excluding carboxylic acids is 1. The fourth-order valence-corrected chi connectivity index (χ4v) is 2.97. The number of aromatic nitrogens is 2. The van der Waals surface area contributed by atoms with Crippen molar-refractivity contribution in [3.05, 3.63) is 58.2 Å². The summed E-state index contributed by atoms with van der Waals surface area (Å²) in [5.41, 5.74) is 2.40. The first-order valence-electron chi connectivity index (χ1n) is 6.81. The van der Waals surface area contributed by atoms with Crippen molar-refractivity contribution >= 4 is 17.2 Å². The summed E-state index contributed by atoms with van der Waals surface area (Å²) in [4.78, 5) is 18.5. The number of nitrogens with zero attached hydrogens (tertiary/aromatic N) is 3. The molecule has 0 saturated heterocycles. The van der Waals surface area contributed by atoms with E-state index in [1.54, 1.807) is 18.1 Å². The lowest BCUT2D eigenvalue weighted by Gasteiger charge is -2.15. The summed E-state index contributed by atoms with van der Waals surface area (Å²) in [6.07, 6.45) is 1.66. The van der Waals surface area contributed by atoms with Crippen molar-refractivity contribution in [2.24, 2.45) is 0 Å². The SMILES string of the molecule is Cc1oncc1-c1csc(CN(C)C(=O)c2ccccc2)n1. The van der Waals surface area contributed by atoms with Gasteiger partial charge in [0.05, 0.1) is 24.0 Å². The molecule has 0 bridgehead atoms. The Morgan fingerprint density at radius 2 is 2.09 bits per heavy atom. The van der Waals surface area contributed by atoms with Crippen molar-refractivity contribution in [1.82, 2.24) is 15.0 Å². The summed E-state index contributed by atoms with van der Waals surface area (Å²) in [7, 11) is 1.78.